The molecule has 0 atom stereocenters. The quantitative estimate of drug-likeness (QED) is 0.344. The van der Waals surface area contributed by atoms with Crippen LogP contribution in [0.4, 0.5) is 0 Å². The first kappa shape index (κ1) is 22.1. The van der Waals surface area contributed by atoms with Crippen LogP contribution >= 0.6 is 15.9 Å². The van der Waals surface area contributed by atoms with Crippen LogP contribution in [-0.4, -0.2) is 30.7 Å². The Morgan fingerprint density at radius 1 is 1.09 bits per heavy atom. The largest absolute Gasteiger partial charge is 0.481 e. The fourth-order valence-electron chi connectivity index (χ4n) is 3.83. The molecule has 0 bridgehead atoms. The van der Waals surface area contributed by atoms with Gasteiger partial charge in [0.25, 0.3) is 0 Å². The Balaban J connectivity index is 1.67. The van der Waals surface area contributed by atoms with Crippen molar-refractivity contribution >= 4 is 27.5 Å². The number of aryl methyl sites for hydroxylation is 2. The highest BCUT2D eigenvalue weighted by atomic mass is 79.9. The molecule has 7 heteroatoms. The molecule has 0 amide bonds. The molecule has 1 N–H and O–H groups in total. The summed E-state index contributed by atoms with van der Waals surface area (Å²) in [6.45, 7) is 5.95. The van der Waals surface area contributed by atoms with Gasteiger partial charge < -0.3 is 5.11 Å². The molecule has 0 aliphatic rings. The lowest BCUT2D eigenvalue weighted by molar-refractivity contribution is -0.139. The van der Waals surface area contributed by atoms with Crippen molar-refractivity contribution in [1.29, 1.82) is 0 Å². The number of carboxylic acid groups (broad SMARTS) is 1. The van der Waals surface area contributed by atoms with E-state index in [1.54, 1.807) is 0 Å². The van der Waals surface area contributed by atoms with E-state index >= 15 is 0 Å². The van der Waals surface area contributed by atoms with Crippen LogP contribution in [-0.2, 0) is 11.2 Å². The zero-order valence-electron chi connectivity index (χ0n) is 18.3. The minimum absolute atomic E-state index is 0.128. The van der Waals surface area contributed by atoms with Crippen LogP contribution in [0.15, 0.2) is 59.3 Å². The maximum atomic E-state index is 11.2. The number of aromatic nitrogens is 4. The van der Waals surface area contributed by atoms with Gasteiger partial charge in [-0.3, -0.25) is 9.78 Å². The summed E-state index contributed by atoms with van der Waals surface area (Å²) >= 11 is 3.67. The standard InChI is InChI=1S/C25H25BrN4O2/c1-16-23(26)21(11-12-25(2,3)13-22(31)32)29-24-19(15-28-30(16)24)18-9-10-20(27-14-18)17-7-5-4-6-8-17/h4-10,14-15H,11-13H2,1-3H3,(H,31,32). The molecule has 0 saturated heterocycles. The molecule has 0 saturated carbocycles. The molecular formula is C25H25BrN4O2. The van der Waals surface area contributed by atoms with E-state index in [2.05, 4.69) is 26.0 Å². The average molecular weight is 493 g/mol. The van der Waals surface area contributed by atoms with Gasteiger partial charge in [0.05, 0.1) is 34.2 Å². The summed E-state index contributed by atoms with van der Waals surface area (Å²) in [7, 11) is 0. The lowest BCUT2D eigenvalue weighted by Crippen LogP contribution is -2.18. The highest BCUT2D eigenvalue weighted by Gasteiger charge is 2.23. The molecule has 0 aliphatic carbocycles. The third-order valence-electron chi connectivity index (χ3n) is 5.69. The summed E-state index contributed by atoms with van der Waals surface area (Å²) in [4.78, 5) is 20.7. The number of halogens is 1. The molecule has 6 nitrogen and oxygen atoms in total. The summed E-state index contributed by atoms with van der Waals surface area (Å²) in [5.41, 5.74) is 6.18. The van der Waals surface area contributed by atoms with Gasteiger partial charge in [-0.05, 0) is 47.2 Å². The Bertz CT molecular complexity index is 1260. The molecule has 1 aromatic carbocycles. The van der Waals surface area contributed by atoms with Crippen LogP contribution in [0.3, 0.4) is 0 Å². The summed E-state index contributed by atoms with van der Waals surface area (Å²) < 4.78 is 2.74. The first-order valence-electron chi connectivity index (χ1n) is 10.5. The van der Waals surface area contributed by atoms with E-state index in [0.717, 1.165) is 50.3 Å². The Morgan fingerprint density at radius 3 is 2.50 bits per heavy atom. The molecule has 0 radical (unpaired) electrons. The maximum absolute atomic E-state index is 11.2. The van der Waals surface area contributed by atoms with E-state index in [-0.39, 0.29) is 11.8 Å². The van der Waals surface area contributed by atoms with Crippen LogP contribution < -0.4 is 0 Å². The molecular weight excluding hydrogens is 468 g/mol. The van der Waals surface area contributed by atoms with Gasteiger partial charge in [0.1, 0.15) is 0 Å². The lowest BCUT2D eigenvalue weighted by atomic mass is 9.84. The van der Waals surface area contributed by atoms with Gasteiger partial charge in [-0.1, -0.05) is 50.2 Å². The van der Waals surface area contributed by atoms with E-state index in [4.69, 9.17) is 4.98 Å². The smallest absolute Gasteiger partial charge is 0.303 e. The fourth-order valence-corrected chi connectivity index (χ4v) is 4.29. The Kier molecular flexibility index (Phi) is 6.11. The van der Waals surface area contributed by atoms with Crippen molar-refractivity contribution in [3.8, 4) is 22.4 Å². The van der Waals surface area contributed by atoms with Gasteiger partial charge in [-0.15, -0.1) is 0 Å². The van der Waals surface area contributed by atoms with Crippen LogP contribution in [0.2, 0.25) is 0 Å². The molecule has 3 aromatic heterocycles. The van der Waals surface area contributed by atoms with Gasteiger partial charge in [0, 0.05) is 22.9 Å². The topological polar surface area (TPSA) is 80.4 Å². The SMILES string of the molecule is Cc1c(Br)c(CCC(C)(C)CC(=O)O)nc2c(-c3ccc(-c4ccccc4)nc3)cnn12. The Labute approximate surface area is 195 Å². The Morgan fingerprint density at radius 2 is 1.84 bits per heavy atom. The second-order valence-corrected chi connectivity index (χ2v) is 9.58. The summed E-state index contributed by atoms with van der Waals surface area (Å²) in [6.07, 6.45) is 5.20. The van der Waals surface area contributed by atoms with Gasteiger partial charge in [0.2, 0.25) is 0 Å². The van der Waals surface area contributed by atoms with Crippen molar-refractivity contribution in [1.82, 2.24) is 19.6 Å². The van der Waals surface area contributed by atoms with E-state index in [0.29, 0.717) is 6.42 Å². The van der Waals surface area contributed by atoms with Crippen molar-refractivity contribution in [3.63, 3.8) is 0 Å². The minimum atomic E-state index is -0.779. The second kappa shape index (κ2) is 8.82. The van der Waals surface area contributed by atoms with Crippen molar-refractivity contribution in [2.75, 3.05) is 0 Å². The number of rotatable bonds is 7. The molecule has 164 valence electrons. The minimum Gasteiger partial charge on any atom is -0.481 e. The van der Waals surface area contributed by atoms with Crippen LogP contribution in [0.1, 0.15) is 38.1 Å². The highest BCUT2D eigenvalue weighted by molar-refractivity contribution is 9.10. The molecule has 32 heavy (non-hydrogen) atoms. The van der Waals surface area contributed by atoms with Crippen LogP contribution in [0.5, 0.6) is 0 Å². The number of pyridine rings is 1. The molecule has 0 unspecified atom stereocenters. The lowest BCUT2D eigenvalue weighted by Gasteiger charge is -2.22. The monoisotopic (exact) mass is 492 g/mol. The number of nitrogens with zero attached hydrogens (tertiary/aromatic N) is 4. The highest BCUT2D eigenvalue weighted by Crippen LogP contribution is 2.32. The molecule has 4 aromatic rings. The van der Waals surface area contributed by atoms with Gasteiger partial charge in [-0.25, -0.2) is 9.50 Å². The number of hydrogen-bond acceptors (Lipinski definition) is 4. The first-order chi connectivity index (χ1) is 15.2. The number of carbonyl (C=O) groups is 1. The van der Waals surface area contributed by atoms with E-state index in [9.17, 15) is 9.90 Å². The first-order valence-corrected chi connectivity index (χ1v) is 11.3. The average Bonchev–Trinajstić information content (AvgIpc) is 3.19. The van der Waals surface area contributed by atoms with E-state index in [1.807, 2.05) is 80.1 Å². The zero-order chi connectivity index (χ0) is 22.9. The number of hydrogen-bond donors (Lipinski definition) is 1. The third kappa shape index (κ3) is 4.58. The van der Waals surface area contributed by atoms with Crippen LogP contribution in [0, 0.1) is 12.3 Å². The molecule has 4 rings (SSSR count). The fraction of sp³-hybridized carbons (Fsp3) is 0.280. The predicted molar refractivity (Wildman–Crippen MR) is 128 cm³/mol. The van der Waals surface area contributed by atoms with Gasteiger partial charge in [-0.2, -0.15) is 5.10 Å². The third-order valence-corrected chi connectivity index (χ3v) is 6.72. The van der Waals surface area contributed by atoms with Crippen molar-refractivity contribution in [2.45, 2.75) is 40.0 Å². The van der Waals surface area contributed by atoms with E-state index < -0.39 is 5.97 Å². The molecule has 0 aliphatic heterocycles. The number of fused-ring (bicyclic) bond motifs is 1. The summed E-state index contributed by atoms with van der Waals surface area (Å²) in [6, 6.07) is 14.1. The molecule has 0 spiro atoms. The normalized spacial score (nSPS) is 11.8. The second-order valence-electron chi connectivity index (χ2n) is 8.78. The van der Waals surface area contributed by atoms with Gasteiger partial charge in [0.15, 0.2) is 5.65 Å². The van der Waals surface area contributed by atoms with Crippen molar-refractivity contribution in [3.05, 3.63) is 70.7 Å². The van der Waals surface area contributed by atoms with Crippen LogP contribution in [0.25, 0.3) is 28.0 Å². The van der Waals surface area contributed by atoms with Gasteiger partial charge >= 0.3 is 5.97 Å². The molecule has 3 heterocycles. The number of carboxylic acids is 1. The number of benzene rings is 1. The maximum Gasteiger partial charge on any atom is 0.303 e. The Hall–Kier alpha value is -3.06. The van der Waals surface area contributed by atoms with Crippen molar-refractivity contribution < 1.29 is 9.90 Å². The zero-order valence-corrected chi connectivity index (χ0v) is 19.9. The number of aliphatic carboxylic acids is 1. The molecule has 0 fully saturated rings. The predicted octanol–water partition coefficient (Wildman–Crippen LogP) is 5.96. The van der Waals surface area contributed by atoms with E-state index in [1.165, 1.54) is 0 Å². The van der Waals surface area contributed by atoms with Crippen molar-refractivity contribution in [2.24, 2.45) is 5.41 Å². The summed E-state index contributed by atoms with van der Waals surface area (Å²) in [5.74, 6) is -0.779. The summed E-state index contributed by atoms with van der Waals surface area (Å²) in [5, 5.41) is 13.7.